The van der Waals surface area contributed by atoms with Crippen molar-refractivity contribution in [3.8, 4) is 0 Å². The van der Waals surface area contributed by atoms with Gasteiger partial charge >= 0.3 is 0 Å². The molecule has 1 aliphatic rings. The maximum Gasteiger partial charge on any atom is 0.255 e. The van der Waals surface area contributed by atoms with Crippen LogP contribution in [0.3, 0.4) is 0 Å². The number of hydrogen-bond donors (Lipinski definition) is 1. The summed E-state index contributed by atoms with van der Waals surface area (Å²) in [5.41, 5.74) is 4.59. The SMILES string of the molecule is COCC(=O)N1CCCc2cc(NC(=O)c3ccc(C(C)(C)C)cc3)ccc21. The highest BCUT2D eigenvalue weighted by molar-refractivity contribution is 6.04. The molecule has 0 fully saturated rings. The molecule has 2 aromatic carbocycles. The van der Waals surface area contributed by atoms with E-state index in [4.69, 9.17) is 4.74 Å². The van der Waals surface area contributed by atoms with Crippen LogP contribution >= 0.6 is 0 Å². The van der Waals surface area contributed by atoms with Gasteiger partial charge in [-0.1, -0.05) is 32.9 Å². The van der Waals surface area contributed by atoms with Crippen molar-refractivity contribution in [3.05, 3.63) is 59.2 Å². The van der Waals surface area contributed by atoms with Gasteiger partial charge in [-0.15, -0.1) is 0 Å². The molecular formula is C23H28N2O3. The minimum atomic E-state index is -0.136. The quantitative estimate of drug-likeness (QED) is 0.866. The molecule has 0 aliphatic carbocycles. The maximum atomic E-state index is 12.6. The minimum absolute atomic E-state index is 0.0424. The Bertz CT molecular complexity index is 866. The molecule has 5 heteroatoms. The Kier molecular flexibility index (Phi) is 5.84. The third kappa shape index (κ3) is 4.42. The summed E-state index contributed by atoms with van der Waals surface area (Å²) in [6, 6.07) is 13.4. The van der Waals surface area contributed by atoms with Gasteiger partial charge in [0.2, 0.25) is 0 Å². The van der Waals surface area contributed by atoms with Crippen LogP contribution in [0.2, 0.25) is 0 Å². The first-order chi connectivity index (χ1) is 13.3. The average Bonchev–Trinajstić information content (AvgIpc) is 2.67. The first kappa shape index (κ1) is 20.1. The molecule has 148 valence electrons. The third-order valence-corrected chi connectivity index (χ3v) is 5.04. The van der Waals surface area contributed by atoms with Crippen LogP contribution in [0.4, 0.5) is 11.4 Å². The minimum Gasteiger partial charge on any atom is -0.375 e. The molecule has 28 heavy (non-hydrogen) atoms. The highest BCUT2D eigenvalue weighted by Crippen LogP contribution is 2.30. The van der Waals surface area contributed by atoms with Gasteiger partial charge in [0, 0.05) is 30.6 Å². The highest BCUT2D eigenvalue weighted by atomic mass is 16.5. The lowest BCUT2D eigenvalue weighted by molar-refractivity contribution is -0.122. The number of hydrogen-bond acceptors (Lipinski definition) is 3. The molecule has 0 saturated heterocycles. The number of ether oxygens (including phenoxy) is 1. The second-order valence-electron chi connectivity index (χ2n) is 8.21. The maximum absolute atomic E-state index is 12.6. The Balaban J connectivity index is 1.75. The second kappa shape index (κ2) is 8.15. The fourth-order valence-corrected chi connectivity index (χ4v) is 3.46. The highest BCUT2D eigenvalue weighted by Gasteiger charge is 2.23. The van der Waals surface area contributed by atoms with Crippen LogP contribution in [0, 0.1) is 0 Å². The lowest BCUT2D eigenvalue weighted by Crippen LogP contribution is -2.37. The number of aryl methyl sites for hydroxylation is 1. The average molecular weight is 380 g/mol. The molecule has 3 rings (SSSR count). The number of benzene rings is 2. The number of nitrogens with one attached hydrogen (secondary N) is 1. The fraction of sp³-hybridized carbons (Fsp3) is 0.391. The molecule has 1 aliphatic heterocycles. The first-order valence-corrected chi connectivity index (χ1v) is 9.64. The zero-order valence-corrected chi connectivity index (χ0v) is 17.0. The van der Waals surface area contributed by atoms with E-state index in [1.165, 1.54) is 12.7 Å². The van der Waals surface area contributed by atoms with Crippen molar-refractivity contribution < 1.29 is 14.3 Å². The molecular weight excluding hydrogens is 352 g/mol. The Morgan fingerprint density at radius 3 is 2.46 bits per heavy atom. The molecule has 2 amide bonds. The first-order valence-electron chi connectivity index (χ1n) is 9.64. The summed E-state index contributed by atoms with van der Waals surface area (Å²) < 4.78 is 4.98. The van der Waals surface area contributed by atoms with E-state index in [-0.39, 0.29) is 23.8 Å². The molecule has 0 aromatic heterocycles. The van der Waals surface area contributed by atoms with Crippen molar-refractivity contribution in [3.63, 3.8) is 0 Å². The van der Waals surface area contributed by atoms with Crippen molar-refractivity contribution in [1.82, 2.24) is 0 Å². The summed E-state index contributed by atoms with van der Waals surface area (Å²) in [6.45, 7) is 7.21. The van der Waals surface area contributed by atoms with Gasteiger partial charge in [-0.3, -0.25) is 9.59 Å². The zero-order valence-electron chi connectivity index (χ0n) is 17.0. The number of anilines is 2. The lowest BCUT2D eigenvalue weighted by atomic mass is 9.87. The molecule has 1 heterocycles. The number of carbonyl (C=O) groups excluding carboxylic acids is 2. The van der Waals surface area contributed by atoms with Crippen LogP contribution in [0.15, 0.2) is 42.5 Å². The van der Waals surface area contributed by atoms with Crippen molar-refractivity contribution in [2.75, 3.05) is 30.5 Å². The van der Waals surface area contributed by atoms with E-state index in [0.29, 0.717) is 12.1 Å². The van der Waals surface area contributed by atoms with Gasteiger partial charge in [-0.05, 0) is 59.7 Å². The number of carbonyl (C=O) groups is 2. The second-order valence-corrected chi connectivity index (χ2v) is 8.21. The summed E-state index contributed by atoms with van der Waals surface area (Å²) in [5.74, 6) is -0.178. The van der Waals surface area contributed by atoms with Gasteiger partial charge in [0.25, 0.3) is 11.8 Å². The van der Waals surface area contributed by atoms with Crippen molar-refractivity contribution in [2.45, 2.75) is 39.0 Å². The van der Waals surface area contributed by atoms with Gasteiger partial charge in [-0.2, -0.15) is 0 Å². The number of fused-ring (bicyclic) bond motifs is 1. The fourth-order valence-electron chi connectivity index (χ4n) is 3.46. The van der Waals surface area contributed by atoms with Gasteiger partial charge in [0.15, 0.2) is 0 Å². The number of amides is 2. The summed E-state index contributed by atoms with van der Waals surface area (Å²) in [7, 11) is 1.52. The summed E-state index contributed by atoms with van der Waals surface area (Å²) in [4.78, 5) is 26.6. The van der Waals surface area contributed by atoms with E-state index in [0.717, 1.165) is 29.8 Å². The van der Waals surface area contributed by atoms with E-state index in [1.807, 2.05) is 42.5 Å². The third-order valence-electron chi connectivity index (χ3n) is 5.04. The topological polar surface area (TPSA) is 58.6 Å². The smallest absolute Gasteiger partial charge is 0.255 e. The number of methoxy groups -OCH3 is 1. The van der Waals surface area contributed by atoms with Crippen LogP contribution in [-0.2, 0) is 21.4 Å². The van der Waals surface area contributed by atoms with Gasteiger partial charge in [0.1, 0.15) is 6.61 Å². The van der Waals surface area contributed by atoms with Crippen molar-refractivity contribution in [1.29, 1.82) is 0 Å². The monoisotopic (exact) mass is 380 g/mol. The summed E-state index contributed by atoms with van der Waals surface area (Å²) in [6.07, 6.45) is 1.78. The van der Waals surface area contributed by atoms with E-state index >= 15 is 0 Å². The Morgan fingerprint density at radius 1 is 1.11 bits per heavy atom. The zero-order chi connectivity index (χ0) is 20.3. The largest absolute Gasteiger partial charge is 0.375 e. The molecule has 0 radical (unpaired) electrons. The molecule has 0 atom stereocenters. The van der Waals surface area contributed by atoms with E-state index in [9.17, 15) is 9.59 Å². The number of nitrogens with zero attached hydrogens (tertiary/aromatic N) is 1. The Hall–Kier alpha value is -2.66. The molecule has 2 aromatic rings. The molecule has 0 unspecified atom stereocenters. The van der Waals surface area contributed by atoms with E-state index in [1.54, 1.807) is 4.90 Å². The van der Waals surface area contributed by atoms with Gasteiger partial charge in [0.05, 0.1) is 0 Å². The van der Waals surface area contributed by atoms with Crippen LogP contribution in [-0.4, -0.2) is 32.1 Å². The van der Waals surface area contributed by atoms with Crippen LogP contribution in [0.5, 0.6) is 0 Å². The predicted molar refractivity (Wildman–Crippen MR) is 112 cm³/mol. The lowest BCUT2D eigenvalue weighted by Gasteiger charge is -2.29. The van der Waals surface area contributed by atoms with Crippen LogP contribution in [0.1, 0.15) is 48.7 Å². The molecule has 0 spiro atoms. The number of rotatable bonds is 4. The Morgan fingerprint density at radius 2 is 1.82 bits per heavy atom. The van der Waals surface area contributed by atoms with Crippen molar-refractivity contribution >= 4 is 23.2 Å². The summed E-state index contributed by atoms with van der Waals surface area (Å²) in [5, 5.41) is 2.97. The Labute approximate surface area is 166 Å². The molecule has 1 N–H and O–H groups in total. The normalized spacial score (nSPS) is 13.8. The molecule has 0 bridgehead atoms. The van der Waals surface area contributed by atoms with Crippen LogP contribution in [0.25, 0.3) is 0 Å². The van der Waals surface area contributed by atoms with Gasteiger partial charge in [-0.25, -0.2) is 0 Å². The molecule has 0 saturated carbocycles. The molecule has 5 nitrogen and oxygen atoms in total. The van der Waals surface area contributed by atoms with E-state index in [2.05, 4.69) is 26.1 Å². The standard InChI is InChI=1S/C23H28N2O3/c1-23(2,3)18-9-7-16(8-10-18)22(27)24-19-11-12-20-17(14-19)6-5-13-25(20)21(26)15-28-4/h7-12,14H,5-6,13,15H2,1-4H3,(H,24,27). The summed E-state index contributed by atoms with van der Waals surface area (Å²) >= 11 is 0. The predicted octanol–water partition coefficient (Wildman–Crippen LogP) is 4.16. The van der Waals surface area contributed by atoms with E-state index < -0.39 is 0 Å². The van der Waals surface area contributed by atoms with Crippen LogP contribution < -0.4 is 10.2 Å². The van der Waals surface area contributed by atoms with Gasteiger partial charge < -0.3 is 15.0 Å². The van der Waals surface area contributed by atoms with Crippen molar-refractivity contribution in [2.24, 2.45) is 0 Å².